The molecule has 11 heteroatoms. The fourth-order valence-electron chi connectivity index (χ4n) is 8.50. The van der Waals surface area contributed by atoms with Crippen molar-refractivity contribution in [2.24, 2.45) is 21.7 Å². The first-order valence-corrected chi connectivity index (χ1v) is 15.4. The maximum Gasteiger partial charge on any atom is 0.351 e. The maximum absolute atomic E-state index is 14.4. The molecule has 3 aliphatic heterocycles. The Balaban J connectivity index is 1.36. The molecule has 7 rings (SSSR count). The highest BCUT2D eigenvalue weighted by Crippen LogP contribution is 2.67. The Morgan fingerprint density at radius 1 is 0.689 bits per heavy atom. The fourth-order valence-corrected chi connectivity index (χ4v) is 8.50. The third-order valence-electron chi connectivity index (χ3n) is 12.7. The zero-order chi connectivity index (χ0) is 32.8. The molecule has 2 saturated carbocycles. The van der Waals surface area contributed by atoms with Crippen molar-refractivity contribution in [3.8, 4) is 5.75 Å². The lowest BCUT2D eigenvalue weighted by atomic mass is 9.66. The SMILES string of the molecule is CC1(C)Oc2ccc3ccc(=O)oc3c2[C@@H](OC(=O)C23CCC(C)(C(=O)O2)C3(C)C)[C@@H]1OC(=O)C12CCC(C)(C(=O)O1)C2(C)C. The molecule has 0 amide bonds. The van der Waals surface area contributed by atoms with Crippen molar-refractivity contribution in [2.75, 3.05) is 0 Å². The molecule has 2 saturated heterocycles. The number of fused-ring (bicyclic) bond motifs is 7. The van der Waals surface area contributed by atoms with E-state index in [0.717, 1.165) is 0 Å². The minimum Gasteiger partial charge on any atom is -0.483 e. The quantitative estimate of drug-likeness (QED) is 0.266. The molecule has 5 aliphatic rings. The number of benzene rings is 1. The van der Waals surface area contributed by atoms with Crippen LogP contribution < -0.4 is 10.4 Å². The molecule has 4 heterocycles. The van der Waals surface area contributed by atoms with Gasteiger partial charge in [0.25, 0.3) is 0 Å². The molecule has 11 nitrogen and oxygen atoms in total. The Morgan fingerprint density at radius 2 is 1.20 bits per heavy atom. The van der Waals surface area contributed by atoms with Gasteiger partial charge < -0.3 is 28.1 Å². The van der Waals surface area contributed by atoms with Crippen LogP contribution in [0.4, 0.5) is 0 Å². The number of rotatable bonds is 4. The van der Waals surface area contributed by atoms with E-state index < -0.39 is 80.2 Å². The zero-order valence-electron chi connectivity index (χ0n) is 26.8. The first-order valence-electron chi connectivity index (χ1n) is 15.4. The summed E-state index contributed by atoms with van der Waals surface area (Å²) in [6, 6.07) is 6.22. The summed E-state index contributed by atoms with van der Waals surface area (Å²) >= 11 is 0. The summed E-state index contributed by atoms with van der Waals surface area (Å²) < 4.78 is 36.2. The molecule has 2 aromatic rings. The van der Waals surface area contributed by atoms with E-state index in [2.05, 4.69) is 0 Å². The van der Waals surface area contributed by atoms with Crippen LogP contribution in [0.2, 0.25) is 0 Å². The second-order valence-electron chi connectivity index (χ2n) is 15.4. The van der Waals surface area contributed by atoms with Crippen molar-refractivity contribution in [1.82, 2.24) is 0 Å². The van der Waals surface area contributed by atoms with E-state index in [-0.39, 0.29) is 29.7 Å². The highest BCUT2D eigenvalue weighted by Gasteiger charge is 2.78. The summed E-state index contributed by atoms with van der Waals surface area (Å²) in [5.74, 6) is -2.26. The third-order valence-corrected chi connectivity index (χ3v) is 12.7. The number of carbonyl (C=O) groups excluding carboxylic acids is 4. The number of hydrogen-bond donors (Lipinski definition) is 0. The summed E-state index contributed by atoms with van der Waals surface area (Å²) in [7, 11) is 0. The van der Waals surface area contributed by atoms with Gasteiger partial charge in [-0.25, -0.2) is 14.4 Å². The average molecular weight is 623 g/mol. The van der Waals surface area contributed by atoms with Crippen molar-refractivity contribution >= 4 is 34.8 Å². The first-order chi connectivity index (χ1) is 20.8. The predicted molar refractivity (Wildman–Crippen MR) is 156 cm³/mol. The Bertz CT molecular complexity index is 1780. The van der Waals surface area contributed by atoms with Crippen molar-refractivity contribution < 1.29 is 47.3 Å². The van der Waals surface area contributed by atoms with E-state index in [0.29, 0.717) is 18.2 Å². The van der Waals surface area contributed by atoms with Crippen molar-refractivity contribution in [3.05, 3.63) is 40.2 Å². The summed E-state index contributed by atoms with van der Waals surface area (Å²) in [6.07, 6.45) is -1.26. The second-order valence-corrected chi connectivity index (χ2v) is 15.4. The van der Waals surface area contributed by atoms with E-state index in [4.69, 9.17) is 28.1 Å². The largest absolute Gasteiger partial charge is 0.483 e. The summed E-state index contributed by atoms with van der Waals surface area (Å²) in [4.78, 5) is 67.1. The second kappa shape index (κ2) is 8.47. The molecule has 1 aromatic heterocycles. The van der Waals surface area contributed by atoms with E-state index >= 15 is 0 Å². The lowest BCUT2D eigenvalue weighted by molar-refractivity contribution is -0.217. The number of hydrogen-bond acceptors (Lipinski definition) is 11. The summed E-state index contributed by atoms with van der Waals surface area (Å²) in [5.41, 5.74) is -8.36. The predicted octanol–water partition coefficient (Wildman–Crippen LogP) is 4.70. The highest BCUT2D eigenvalue weighted by atomic mass is 16.7. The molecule has 0 N–H and O–H groups in total. The van der Waals surface area contributed by atoms with E-state index in [1.54, 1.807) is 45.9 Å². The van der Waals surface area contributed by atoms with Crippen molar-refractivity contribution in [3.63, 3.8) is 0 Å². The fraction of sp³-hybridized carbons (Fsp3) is 0.618. The molecule has 4 bridgehead atoms. The van der Waals surface area contributed by atoms with Gasteiger partial charge in [0.15, 0.2) is 12.2 Å². The van der Waals surface area contributed by atoms with Gasteiger partial charge in [-0.05, 0) is 71.6 Å². The number of ether oxygens (including phenoxy) is 5. The minimum absolute atomic E-state index is 0.102. The van der Waals surface area contributed by atoms with E-state index in [1.807, 2.05) is 27.7 Å². The topological polar surface area (TPSA) is 145 Å². The first kappa shape index (κ1) is 29.8. The smallest absolute Gasteiger partial charge is 0.351 e. The molecule has 45 heavy (non-hydrogen) atoms. The normalized spacial score (nSPS) is 37.9. The van der Waals surface area contributed by atoms with Crippen LogP contribution in [0.15, 0.2) is 33.5 Å². The van der Waals surface area contributed by atoms with E-state index in [1.165, 1.54) is 6.07 Å². The van der Waals surface area contributed by atoms with Crippen LogP contribution in [0.1, 0.15) is 92.7 Å². The minimum atomic E-state index is -1.59. The van der Waals surface area contributed by atoms with Gasteiger partial charge in [-0.2, -0.15) is 0 Å². The van der Waals surface area contributed by atoms with Gasteiger partial charge in [0.1, 0.15) is 16.9 Å². The summed E-state index contributed by atoms with van der Waals surface area (Å²) in [6.45, 7) is 14.2. The Labute approximate surface area is 259 Å². The van der Waals surface area contributed by atoms with Crippen LogP contribution in [-0.4, -0.2) is 46.8 Å². The highest BCUT2D eigenvalue weighted by molar-refractivity contribution is 5.95. The van der Waals surface area contributed by atoms with Crippen LogP contribution in [0.3, 0.4) is 0 Å². The third kappa shape index (κ3) is 3.29. The molecule has 6 atom stereocenters. The monoisotopic (exact) mass is 622 g/mol. The van der Waals surface area contributed by atoms with Gasteiger partial charge in [0, 0.05) is 22.3 Å². The zero-order valence-corrected chi connectivity index (χ0v) is 26.8. The standard InChI is InChI=1S/C34H38O11/c1-28(2)23(42-27(39)34-16-14-32(8,25(37)45-34)30(34,5)6)22(20-18(43-28)11-9-17-10-12-19(35)40-21(17)20)41-26(38)33-15-13-31(7,24(36)44-33)29(33,3)4/h9-12,22-23H,13-16H2,1-8H3/t22-,23+,31?,32?,33?,34?/m1/s1. The molecule has 0 radical (unpaired) electrons. The molecule has 4 fully saturated rings. The molecule has 1 aromatic carbocycles. The van der Waals surface area contributed by atoms with Crippen LogP contribution in [0.25, 0.3) is 11.0 Å². The van der Waals surface area contributed by atoms with Gasteiger partial charge in [-0.1, -0.05) is 27.7 Å². The molecule has 4 unspecified atom stereocenters. The van der Waals surface area contributed by atoms with Crippen LogP contribution >= 0.6 is 0 Å². The Hall–Kier alpha value is -3.89. The van der Waals surface area contributed by atoms with Gasteiger partial charge in [-0.3, -0.25) is 9.59 Å². The molecule has 0 spiro atoms. The number of esters is 4. The molecule has 2 aliphatic carbocycles. The van der Waals surface area contributed by atoms with Crippen LogP contribution in [0.5, 0.6) is 5.75 Å². The summed E-state index contributed by atoms with van der Waals surface area (Å²) in [5, 5.41) is 0.526. The van der Waals surface area contributed by atoms with Gasteiger partial charge in [-0.15, -0.1) is 0 Å². The average Bonchev–Trinajstić information content (AvgIpc) is 3.42. The Kier molecular flexibility index (Phi) is 5.61. The van der Waals surface area contributed by atoms with Crippen molar-refractivity contribution in [1.29, 1.82) is 0 Å². The molecular formula is C34H38O11. The van der Waals surface area contributed by atoms with Gasteiger partial charge >= 0.3 is 29.5 Å². The lowest BCUT2D eigenvalue weighted by Gasteiger charge is -2.45. The van der Waals surface area contributed by atoms with Gasteiger partial charge in [0.05, 0.1) is 16.4 Å². The van der Waals surface area contributed by atoms with Crippen molar-refractivity contribution in [2.45, 2.75) is 110 Å². The van der Waals surface area contributed by atoms with E-state index in [9.17, 15) is 24.0 Å². The molecule has 240 valence electrons. The lowest BCUT2D eigenvalue weighted by Crippen LogP contribution is -2.57. The maximum atomic E-state index is 14.4. The molecular weight excluding hydrogens is 584 g/mol. The number of carbonyl (C=O) groups is 4. The van der Waals surface area contributed by atoms with Crippen LogP contribution in [0, 0.1) is 21.7 Å². The van der Waals surface area contributed by atoms with Crippen LogP contribution in [-0.2, 0) is 38.1 Å². The Morgan fingerprint density at radius 3 is 1.69 bits per heavy atom. The van der Waals surface area contributed by atoms with Gasteiger partial charge in [0.2, 0.25) is 11.2 Å².